The molecular formula is C19H20ClNO. The second-order valence-electron chi connectivity index (χ2n) is 5.54. The molecule has 0 aliphatic rings. The third-order valence-electron chi connectivity index (χ3n) is 3.95. The van der Waals surface area contributed by atoms with Gasteiger partial charge in [0.15, 0.2) is 0 Å². The van der Waals surface area contributed by atoms with E-state index in [2.05, 4.69) is 48.0 Å². The second-order valence-corrected chi connectivity index (χ2v) is 5.98. The smallest absolute Gasteiger partial charge is 0.0868 e. The van der Waals surface area contributed by atoms with Crippen LogP contribution in [-0.2, 0) is 24.8 Å². The topological polar surface area (TPSA) is 14.2 Å². The molecule has 3 aromatic rings. The van der Waals surface area contributed by atoms with E-state index in [1.165, 1.54) is 16.8 Å². The van der Waals surface area contributed by atoms with E-state index < -0.39 is 0 Å². The molecule has 0 unspecified atom stereocenters. The number of fused-ring (bicyclic) bond motifs is 1. The lowest BCUT2D eigenvalue weighted by Gasteiger charge is -2.06. The average molecular weight is 314 g/mol. The molecule has 0 aliphatic heterocycles. The van der Waals surface area contributed by atoms with E-state index >= 15 is 0 Å². The molecule has 0 spiro atoms. The van der Waals surface area contributed by atoms with Crippen LogP contribution in [-0.4, -0.2) is 11.2 Å². The summed E-state index contributed by atoms with van der Waals surface area (Å²) in [6, 6.07) is 18.7. The molecule has 0 radical (unpaired) electrons. The molecule has 2 nitrogen and oxygen atoms in total. The number of rotatable bonds is 6. The summed E-state index contributed by atoms with van der Waals surface area (Å²) in [6.45, 7) is 1.41. The number of hydrogen-bond acceptors (Lipinski definition) is 1. The first-order valence-electron chi connectivity index (χ1n) is 7.59. The van der Waals surface area contributed by atoms with Crippen molar-refractivity contribution in [3.8, 4) is 0 Å². The summed E-state index contributed by atoms with van der Waals surface area (Å²) in [5.74, 6) is 0. The Morgan fingerprint density at radius 2 is 1.86 bits per heavy atom. The molecule has 0 bridgehead atoms. The first-order chi connectivity index (χ1) is 10.7. The maximum atomic E-state index is 6.04. The lowest BCUT2D eigenvalue weighted by Crippen LogP contribution is -2.01. The van der Waals surface area contributed by atoms with Gasteiger partial charge in [0, 0.05) is 35.3 Å². The Morgan fingerprint density at radius 1 is 1.05 bits per heavy atom. The van der Waals surface area contributed by atoms with Gasteiger partial charge in [-0.2, -0.15) is 0 Å². The van der Waals surface area contributed by atoms with Gasteiger partial charge in [-0.05, 0) is 42.7 Å². The predicted octanol–water partition coefficient (Wildman–Crippen LogP) is 4.98. The van der Waals surface area contributed by atoms with Crippen LogP contribution >= 0.6 is 11.6 Å². The van der Waals surface area contributed by atoms with E-state index in [1.54, 1.807) is 0 Å². The zero-order valence-corrected chi connectivity index (χ0v) is 13.5. The number of benzene rings is 2. The fraction of sp³-hybridized carbons (Fsp3) is 0.263. The summed E-state index contributed by atoms with van der Waals surface area (Å²) in [7, 11) is 2.07. The summed E-state index contributed by atoms with van der Waals surface area (Å²) in [5.41, 5.74) is 3.73. The number of aryl methyl sites for hydroxylation is 2. The minimum Gasteiger partial charge on any atom is -0.375 e. The standard InChI is InChI=1S/C19H20ClNO/c1-21-18(13-16-12-17(20)9-10-19(16)21)14-22-11-5-8-15-6-3-2-4-7-15/h2-4,6-7,9-10,12-13H,5,8,11,14H2,1H3. The van der Waals surface area contributed by atoms with Gasteiger partial charge in [0.05, 0.1) is 6.61 Å². The minimum absolute atomic E-state index is 0.636. The van der Waals surface area contributed by atoms with Crippen LogP contribution in [0.4, 0.5) is 0 Å². The van der Waals surface area contributed by atoms with E-state index in [4.69, 9.17) is 16.3 Å². The Balaban J connectivity index is 1.52. The Hall–Kier alpha value is -1.77. The molecule has 0 atom stereocenters. The quantitative estimate of drug-likeness (QED) is 0.585. The maximum absolute atomic E-state index is 6.04. The van der Waals surface area contributed by atoms with Gasteiger partial charge in [0.1, 0.15) is 0 Å². The van der Waals surface area contributed by atoms with E-state index in [0.29, 0.717) is 6.61 Å². The monoisotopic (exact) mass is 313 g/mol. The zero-order valence-electron chi connectivity index (χ0n) is 12.8. The molecule has 2 aromatic carbocycles. The van der Waals surface area contributed by atoms with E-state index in [-0.39, 0.29) is 0 Å². The van der Waals surface area contributed by atoms with Crippen LogP contribution in [0.3, 0.4) is 0 Å². The van der Waals surface area contributed by atoms with Gasteiger partial charge < -0.3 is 9.30 Å². The van der Waals surface area contributed by atoms with Crippen molar-refractivity contribution in [3.63, 3.8) is 0 Å². The Labute approximate surface area is 136 Å². The van der Waals surface area contributed by atoms with Gasteiger partial charge in [0.25, 0.3) is 0 Å². The highest BCUT2D eigenvalue weighted by molar-refractivity contribution is 6.31. The Bertz CT molecular complexity index is 749. The van der Waals surface area contributed by atoms with Crippen molar-refractivity contribution in [2.75, 3.05) is 6.61 Å². The molecule has 0 saturated heterocycles. The van der Waals surface area contributed by atoms with Crippen molar-refractivity contribution in [2.45, 2.75) is 19.4 Å². The van der Waals surface area contributed by atoms with Crippen molar-refractivity contribution in [1.82, 2.24) is 4.57 Å². The number of aromatic nitrogens is 1. The summed E-state index contributed by atoms with van der Waals surface area (Å²) in [4.78, 5) is 0. The fourth-order valence-electron chi connectivity index (χ4n) is 2.72. The predicted molar refractivity (Wildman–Crippen MR) is 92.3 cm³/mol. The summed E-state index contributed by atoms with van der Waals surface area (Å²) in [5, 5.41) is 1.94. The normalized spacial score (nSPS) is 11.2. The molecule has 0 fully saturated rings. The lowest BCUT2D eigenvalue weighted by molar-refractivity contribution is 0.114. The Morgan fingerprint density at radius 3 is 2.68 bits per heavy atom. The first-order valence-corrected chi connectivity index (χ1v) is 7.97. The van der Waals surface area contributed by atoms with Crippen LogP contribution in [0.2, 0.25) is 5.02 Å². The molecule has 22 heavy (non-hydrogen) atoms. The molecule has 114 valence electrons. The van der Waals surface area contributed by atoms with Gasteiger partial charge in [-0.15, -0.1) is 0 Å². The fourth-order valence-corrected chi connectivity index (χ4v) is 2.90. The molecule has 3 rings (SSSR count). The van der Waals surface area contributed by atoms with Crippen LogP contribution in [0.1, 0.15) is 17.7 Å². The van der Waals surface area contributed by atoms with Crippen LogP contribution in [0.5, 0.6) is 0 Å². The summed E-state index contributed by atoms with van der Waals surface area (Å²) < 4.78 is 8.00. The molecular weight excluding hydrogens is 294 g/mol. The van der Waals surface area contributed by atoms with Crippen molar-refractivity contribution >= 4 is 22.5 Å². The average Bonchev–Trinajstić information content (AvgIpc) is 2.83. The van der Waals surface area contributed by atoms with Gasteiger partial charge in [0.2, 0.25) is 0 Å². The van der Waals surface area contributed by atoms with Gasteiger partial charge in [-0.3, -0.25) is 0 Å². The van der Waals surface area contributed by atoms with E-state index in [1.807, 2.05) is 18.2 Å². The second kappa shape index (κ2) is 6.99. The van der Waals surface area contributed by atoms with Crippen molar-refractivity contribution in [2.24, 2.45) is 7.05 Å². The van der Waals surface area contributed by atoms with E-state index in [9.17, 15) is 0 Å². The van der Waals surface area contributed by atoms with Crippen molar-refractivity contribution < 1.29 is 4.74 Å². The zero-order chi connectivity index (χ0) is 15.4. The lowest BCUT2D eigenvalue weighted by atomic mass is 10.1. The molecule has 0 saturated carbocycles. The molecule has 0 aliphatic carbocycles. The molecule has 1 heterocycles. The van der Waals surface area contributed by atoms with Crippen LogP contribution in [0, 0.1) is 0 Å². The molecule has 0 amide bonds. The number of nitrogens with zero attached hydrogens (tertiary/aromatic N) is 1. The third-order valence-corrected chi connectivity index (χ3v) is 4.19. The van der Waals surface area contributed by atoms with Crippen LogP contribution in [0.15, 0.2) is 54.6 Å². The number of ether oxygens (including phenoxy) is 1. The van der Waals surface area contributed by atoms with Crippen molar-refractivity contribution in [3.05, 3.63) is 70.9 Å². The first kappa shape index (κ1) is 15.1. The molecule has 3 heteroatoms. The maximum Gasteiger partial charge on any atom is 0.0868 e. The van der Waals surface area contributed by atoms with Crippen molar-refractivity contribution in [1.29, 1.82) is 0 Å². The van der Waals surface area contributed by atoms with Crippen LogP contribution in [0.25, 0.3) is 10.9 Å². The van der Waals surface area contributed by atoms with Crippen LogP contribution < -0.4 is 0 Å². The number of hydrogen-bond donors (Lipinski definition) is 0. The minimum atomic E-state index is 0.636. The van der Waals surface area contributed by atoms with Gasteiger partial charge in [-0.25, -0.2) is 0 Å². The highest BCUT2D eigenvalue weighted by Crippen LogP contribution is 2.23. The van der Waals surface area contributed by atoms with Gasteiger partial charge in [-0.1, -0.05) is 41.9 Å². The summed E-state index contributed by atoms with van der Waals surface area (Å²) >= 11 is 6.04. The SMILES string of the molecule is Cn1c(COCCCc2ccccc2)cc2cc(Cl)ccc21. The van der Waals surface area contributed by atoms with E-state index in [0.717, 1.165) is 29.9 Å². The third kappa shape index (κ3) is 3.52. The molecule has 0 N–H and O–H groups in total. The highest BCUT2D eigenvalue weighted by atomic mass is 35.5. The number of halogens is 1. The summed E-state index contributed by atoms with van der Waals surface area (Å²) in [6.07, 6.45) is 2.10. The van der Waals surface area contributed by atoms with Gasteiger partial charge >= 0.3 is 0 Å². The molecule has 1 aromatic heterocycles. The Kier molecular flexibility index (Phi) is 4.81. The largest absolute Gasteiger partial charge is 0.375 e. The highest BCUT2D eigenvalue weighted by Gasteiger charge is 2.06.